The van der Waals surface area contributed by atoms with Crippen LogP contribution in [0.4, 0.5) is 0 Å². The van der Waals surface area contributed by atoms with Gasteiger partial charge in [0.1, 0.15) is 28.2 Å². The summed E-state index contributed by atoms with van der Waals surface area (Å²) in [5.41, 5.74) is 27.0. The van der Waals surface area contributed by atoms with Gasteiger partial charge in [0.25, 0.3) is 0 Å². The Balaban J connectivity index is 0.000000188. The summed E-state index contributed by atoms with van der Waals surface area (Å²) >= 11 is 0. The highest BCUT2D eigenvalue weighted by atomic mass is 28.3. The molecule has 4 heterocycles. The molecule has 4 aromatic heterocycles. The molecule has 0 atom stereocenters. The van der Waals surface area contributed by atoms with E-state index in [0.29, 0.717) is 44.5 Å². The van der Waals surface area contributed by atoms with E-state index in [1.165, 1.54) is 54.9 Å². The van der Waals surface area contributed by atoms with Gasteiger partial charge in [-0.1, -0.05) is 234 Å². The van der Waals surface area contributed by atoms with Crippen LogP contribution in [0.15, 0.2) is 207 Å². The fraction of sp³-hybridized carbons (Fsp3) is 0.320. The molecule has 0 aliphatic heterocycles. The Morgan fingerprint density at radius 2 is 0.626 bits per heavy atom. The third-order valence-corrected chi connectivity index (χ3v) is 26.1. The molecule has 0 spiro atoms. The van der Waals surface area contributed by atoms with Gasteiger partial charge in [0.05, 0.1) is 24.2 Å². The maximum Gasteiger partial charge on any atom is 0.212 e. The third kappa shape index (κ3) is 20.2. The van der Waals surface area contributed by atoms with Crippen molar-refractivity contribution in [2.45, 2.75) is 183 Å². The summed E-state index contributed by atoms with van der Waals surface area (Å²) in [5, 5.41) is 3.98. The predicted molar refractivity (Wildman–Crippen MR) is 472 cm³/mol. The first-order valence-electron chi connectivity index (χ1n) is 45.8. The first kappa shape index (κ1) is 61.0. The van der Waals surface area contributed by atoms with Crippen molar-refractivity contribution in [3.8, 4) is 89.5 Å². The average molecular weight is 1490 g/mol. The molecular weight excluding hydrogens is 1340 g/mol. The second kappa shape index (κ2) is 33.2. The molecule has 0 bridgehead atoms. The average Bonchev–Trinajstić information content (AvgIpc) is 0.775. The van der Waals surface area contributed by atoms with E-state index in [9.17, 15) is 0 Å². The van der Waals surface area contributed by atoms with E-state index in [1.807, 2.05) is 177 Å². The van der Waals surface area contributed by atoms with E-state index in [1.54, 1.807) is 48.1 Å². The summed E-state index contributed by atoms with van der Waals surface area (Å²) in [6, 6.07) is 60.7. The van der Waals surface area contributed by atoms with Gasteiger partial charge in [0.2, 0.25) is 22.8 Å². The first-order valence-corrected chi connectivity index (χ1v) is 47.8. The molecule has 0 unspecified atom stereocenters. The molecule has 12 aromatic rings. The van der Waals surface area contributed by atoms with Gasteiger partial charge in [-0.3, -0.25) is 0 Å². The molecule has 7 heteroatoms. The Morgan fingerprint density at radius 3 is 1.01 bits per heavy atom. The Bertz CT molecular complexity index is 5910. The highest BCUT2D eigenvalue weighted by Gasteiger charge is 2.31. The zero-order valence-corrected chi connectivity index (χ0v) is 71.4. The minimum Gasteiger partial charge on any atom is -0.201 e. The van der Waals surface area contributed by atoms with E-state index < -0.39 is 70.3 Å². The van der Waals surface area contributed by atoms with E-state index in [2.05, 4.69) is 170 Å². The van der Waals surface area contributed by atoms with Gasteiger partial charge in [-0.05, 0) is 233 Å². The van der Waals surface area contributed by atoms with Gasteiger partial charge in [-0.25, -0.2) is 18.3 Å². The van der Waals surface area contributed by atoms with Gasteiger partial charge >= 0.3 is 0 Å². The standard InChI is InChI=1S/C29H40NSi.2C24H30NSi.C23H26N/c1-20-11-13-23(14-12-20)25-17-26(22(3)15-21(25)2)27-16-24(18-29(4,5)6)28(19-30(27)7)31(8,9)10;1-17-8-11-20(12-9-17)22-15-21(19(3)14-24(22)26(5,6)7)23-13-10-18(2)16-25(23)4;1-17-8-10-20(11-9-17)22-16-21(19(3)15-24(22)26(5,6)7)23-14-18(2)12-13-25(23)4;1-15-7-9-20(10-8-15)21-13-22(18(4)11-17(21)3)23-12-16(2)19(5)14-24(23)6/h11-17,19H,18H2,1-10H3;2*8-16H,1-7H3;7-14H,1-6H3/q4*+1/i2D3,18D2;2*2D3;3D3,5D3. The van der Waals surface area contributed by atoms with Crippen molar-refractivity contribution in [3.63, 3.8) is 0 Å². The predicted octanol–water partition coefficient (Wildman–Crippen LogP) is 22.9. The van der Waals surface area contributed by atoms with E-state index in [0.717, 1.165) is 89.2 Å². The maximum atomic E-state index is 9.14. The van der Waals surface area contributed by atoms with Crippen LogP contribution >= 0.6 is 0 Å². The monoisotopic (exact) mass is 1480 g/mol. The molecule has 8 aromatic carbocycles. The first-order chi connectivity index (χ1) is 56.8. The summed E-state index contributed by atoms with van der Waals surface area (Å²) in [6.45, 7) is 34.0. The van der Waals surface area contributed by atoms with Crippen LogP contribution in [0.1, 0.15) is 128 Å². The molecule has 4 nitrogen and oxygen atoms in total. The highest BCUT2D eigenvalue weighted by Crippen LogP contribution is 2.36. The van der Waals surface area contributed by atoms with E-state index >= 15 is 0 Å². The van der Waals surface area contributed by atoms with Gasteiger partial charge in [-0.2, -0.15) is 0 Å². The summed E-state index contributed by atoms with van der Waals surface area (Å²) in [6.07, 6.45) is 5.76. The van der Waals surface area contributed by atoms with Crippen molar-refractivity contribution in [2.75, 3.05) is 0 Å². The fourth-order valence-electron chi connectivity index (χ4n) is 13.8. The molecule has 12 rings (SSSR count). The number of rotatable bonds is 12. The minimum absolute atomic E-state index is 0.310. The third-order valence-electron chi connectivity index (χ3n) is 20.0. The molecular formula is C100H126N4Si3+4. The van der Waals surface area contributed by atoms with Crippen LogP contribution < -0.4 is 33.8 Å². The molecule has 0 aliphatic rings. The molecule has 0 aliphatic carbocycles. The van der Waals surface area contributed by atoms with Gasteiger partial charge in [0.15, 0.2) is 24.8 Å². The van der Waals surface area contributed by atoms with Crippen LogP contribution in [-0.4, -0.2) is 24.2 Å². The second-order valence-electron chi connectivity index (χ2n) is 33.7. The number of pyridine rings is 4. The zero-order chi connectivity index (χ0) is 93.0. The molecule has 0 radical (unpaired) electrons. The van der Waals surface area contributed by atoms with Crippen molar-refractivity contribution in [3.05, 3.63) is 290 Å². The van der Waals surface area contributed by atoms with Crippen molar-refractivity contribution in [1.29, 1.82) is 0 Å². The lowest BCUT2D eigenvalue weighted by Crippen LogP contribution is -2.47. The minimum atomic E-state index is -2.25. The zero-order valence-electron chi connectivity index (χ0n) is 85.4. The number of benzene rings is 8. The van der Waals surface area contributed by atoms with Gasteiger partial charge in [0, 0.05) is 92.2 Å². The Labute approximate surface area is 674 Å². The Kier molecular flexibility index (Phi) is 18.9. The number of hydrogen-bond donors (Lipinski definition) is 0. The number of nitrogens with zero attached hydrogens (tertiary/aromatic N) is 4. The molecule has 0 fully saturated rings. The van der Waals surface area contributed by atoms with Crippen LogP contribution in [0.25, 0.3) is 89.5 Å². The van der Waals surface area contributed by atoms with Crippen molar-refractivity contribution >= 4 is 39.8 Å². The largest absolute Gasteiger partial charge is 0.212 e. The summed E-state index contributed by atoms with van der Waals surface area (Å²) in [5.74, 6) is 0. The van der Waals surface area contributed by atoms with Crippen molar-refractivity contribution in [2.24, 2.45) is 33.6 Å². The van der Waals surface area contributed by atoms with Crippen molar-refractivity contribution in [1.82, 2.24) is 0 Å². The number of aryl methyl sites for hydroxylation is 18. The molecule has 0 amide bonds. The van der Waals surface area contributed by atoms with E-state index in [4.69, 9.17) is 23.3 Å². The van der Waals surface area contributed by atoms with Gasteiger partial charge in [-0.15, -0.1) is 0 Å². The topological polar surface area (TPSA) is 15.5 Å². The molecule has 554 valence electrons. The lowest BCUT2D eigenvalue weighted by atomic mass is 9.87. The molecule has 0 N–H and O–H groups in total. The quantitative estimate of drug-likeness (QED) is 0.0856. The van der Waals surface area contributed by atoms with Gasteiger partial charge < -0.3 is 0 Å². The smallest absolute Gasteiger partial charge is 0.201 e. The van der Waals surface area contributed by atoms with Crippen molar-refractivity contribution < 1.29 is 41.6 Å². The summed E-state index contributed by atoms with van der Waals surface area (Å²) < 4.78 is 144. The lowest BCUT2D eigenvalue weighted by molar-refractivity contribution is -0.660. The normalized spacial score (nSPS) is 14.8. The molecule has 0 saturated heterocycles. The lowest BCUT2D eigenvalue weighted by Gasteiger charge is -2.25. The maximum absolute atomic E-state index is 9.14. The van der Waals surface area contributed by atoms with Crippen LogP contribution in [0.2, 0.25) is 58.9 Å². The highest BCUT2D eigenvalue weighted by molar-refractivity contribution is 6.90. The summed E-state index contributed by atoms with van der Waals surface area (Å²) in [4.78, 5) is 0. The van der Waals surface area contributed by atoms with Crippen LogP contribution in [0, 0.1) is 102 Å². The van der Waals surface area contributed by atoms with Crippen LogP contribution in [-0.2, 0) is 34.6 Å². The Hall–Kier alpha value is -8.99. The fourth-order valence-corrected chi connectivity index (χ4v) is 18.7. The molecule has 107 heavy (non-hydrogen) atoms. The second-order valence-corrected chi connectivity index (χ2v) is 48.8. The van der Waals surface area contributed by atoms with E-state index in [-0.39, 0.29) is 0 Å². The number of aromatic nitrogens is 4. The Morgan fingerprint density at radius 1 is 0.280 bits per heavy atom. The van der Waals surface area contributed by atoms with Crippen LogP contribution in [0.5, 0.6) is 0 Å². The molecule has 0 saturated carbocycles. The van der Waals surface area contributed by atoms with Crippen LogP contribution in [0.3, 0.4) is 0 Å². The number of hydrogen-bond acceptors (Lipinski definition) is 0. The summed E-state index contributed by atoms with van der Waals surface area (Å²) in [7, 11) is 2.69. The SMILES string of the molecule is [2H]C([2H])([2H])c1c[n+](C)c(-c2cc(-c3ccc(C)cc3)c(C([2H])([2H])[2H])cc2C)cc1C.[2H]C([2H])([2H])c1cc(C)c(-c2cc(C([2H])([2H])C(C)(C)C)c([Si](C)(C)C)c[n+]2C)cc1-c1ccc(C)cc1.[2H]C([2H])([2H])c1cc[n+](C)c(-c2cc(-c3ccc(C)cc3)c([Si](C)(C)C)cc2C)c1.[2H]C([2H])([2H])c1ccc(-c2cc(-c3ccc(C)cc3)c([Si](C)(C)C)cc2C)[n+](C)c1.